The molecule has 1 atom stereocenters. The topological polar surface area (TPSA) is 72.9 Å². The van der Waals surface area contributed by atoms with E-state index in [1.165, 1.54) is 0 Å². The van der Waals surface area contributed by atoms with Crippen molar-refractivity contribution >= 4 is 17.8 Å². The lowest BCUT2D eigenvalue weighted by Gasteiger charge is -2.30. The van der Waals surface area contributed by atoms with E-state index in [-0.39, 0.29) is 12.0 Å². The molecule has 106 valence electrons. The molecule has 1 aliphatic heterocycles. The van der Waals surface area contributed by atoms with Gasteiger partial charge in [-0.1, -0.05) is 20.8 Å². The minimum absolute atomic E-state index is 0.108. The maximum Gasteiger partial charge on any atom is 0.417 e. The Bertz CT molecular complexity index is 408. The van der Waals surface area contributed by atoms with E-state index in [0.29, 0.717) is 6.61 Å². The van der Waals surface area contributed by atoms with Crippen molar-refractivity contribution in [3.63, 3.8) is 0 Å². The highest BCUT2D eigenvalue weighted by Crippen LogP contribution is 2.29. The number of nitrogens with zero attached hydrogens (tertiary/aromatic N) is 1. The van der Waals surface area contributed by atoms with E-state index in [1.54, 1.807) is 6.92 Å². The molecule has 0 unspecified atom stereocenters. The van der Waals surface area contributed by atoms with Gasteiger partial charge >= 0.3 is 12.0 Å². The molecule has 0 bridgehead atoms. The van der Waals surface area contributed by atoms with Gasteiger partial charge in [-0.3, -0.25) is 9.59 Å². The Morgan fingerprint density at radius 3 is 2.63 bits per heavy atom. The monoisotopic (exact) mass is 269 g/mol. The first-order valence-corrected chi connectivity index (χ1v) is 6.11. The quantitative estimate of drug-likeness (QED) is 0.439. The fourth-order valence-corrected chi connectivity index (χ4v) is 1.68. The number of carbonyl (C=O) groups is 3. The maximum atomic E-state index is 12.0. The van der Waals surface area contributed by atoms with E-state index in [1.807, 2.05) is 20.8 Å². The molecule has 2 amide bonds. The van der Waals surface area contributed by atoms with Crippen LogP contribution < -0.4 is 0 Å². The summed E-state index contributed by atoms with van der Waals surface area (Å²) in [5.41, 5.74) is -0.355. The summed E-state index contributed by atoms with van der Waals surface area (Å²) in [5.74, 6) is -1.69. The molecule has 19 heavy (non-hydrogen) atoms. The zero-order valence-electron chi connectivity index (χ0n) is 11.6. The largest absolute Gasteiger partial charge is 0.501 e. The van der Waals surface area contributed by atoms with E-state index < -0.39 is 23.8 Å². The van der Waals surface area contributed by atoms with Gasteiger partial charge in [-0.05, 0) is 12.3 Å². The first kappa shape index (κ1) is 15.2. The Hall–Kier alpha value is -1.85. The summed E-state index contributed by atoms with van der Waals surface area (Å²) in [6.07, 6.45) is 1.38. The summed E-state index contributed by atoms with van der Waals surface area (Å²) >= 11 is 0. The van der Waals surface area contributed by atoms with Gasteiger partial charge in [-0.25, -0.2) is 9.69 Å². The third-order valence-corrected chi connectivity index (χ3v) is 2.78. The predicted molar refractivity (Wildman–Crippen MR) is 67.2 cm³/mol. The van der Waals surface area contributed by atoms with Gasteiger partial charge in [0.25, 0.3) is 0 Å². The summed E-state index contributed by atoms with van der Waals surface area (Å²) in [6, 6.07) is -0.447. The number of carbonyl (C=O) groups excluding carboxylic acids is 3. The number of cyclic esters (lactones) is 1. The summed E-state index contributed by atoms with van der Waals surface area (Å²) < 4.78 is 9.71. The Balaban J connectivity index is 2.84. The van der Waals surface area contributed by atoms with Crippen molar-refractivity contribution in [3.05, 3.63) is 12.3 Å². The summed E-state index contributed by atoms with van der Waals surface area (Å²) in [5, 5.41) is 0. The Kier molecular flexibility index (Phi) is 4.69. The van der Waals surface area contributed by atoms with E-state index in [4.69, 9.17) is 9.47 Å². The van der Waals surface area contributed by atoms with Gasteiger partial charge in [-0.15, -0.1) is 0 Å². The first-order chi connectivity index (χ1) is 8.79. The third-order valence-electron chi connectivity index (χ3n) is 2.78. The maximum absolute atomic E-state index is 12.0. The number of rotatable bonds is 4. The van der Waals surface area contributed by atoms with Crippen LogP contribution in [0.5, 0.6) is 0 Å². The molecule has 6 nitrogen and oxygen atoms in total. The summed E-state index contributed by atoms with van der Waals surface area (Å²) in [4.78, 5) is 36.1. The number of hydrogen-bond donors (Lipinski definition) is 0. The fraction of sp³-hybridized carbons (Fsp3) is 0.615. The van der Waals surface area contributed by atoms with Crippen LogP contribution in [-0.4, -0.2) is 41.9 Å². The van der Waals surface area contributed by atoms with Crippen LogP contribution in [0.4, 0.5) is 4.79 Å². The molecule has 0 saturated carbocycles. The van der Waals surface area contributed by atoms with Crippen molar-refractivity contribution < 1.29 is 23.9 Å². The Morgan fingerprint density at radius 1 is 1.47 bits per heavy atom. The van der Waals surface area contributed by atoms with Crippen molar-refractivity contribution in [3.8, 4) is 0 Å². The van der Waals surface area contributed by atoms with Crippen LogP contribution in [0.3, 0.4) is 0 Å². The van der Waals surface area contributed by atoms with Gasteiger partial charge in [0.2, 0.25) is 5.78 Å². The molecule has 6 heteroatoms. The highest BCUT2D eigenvalue weighted by Gasteiger charge is 2.45. The summed E-state index contributed by atoms with van der Waals surface area (Å²) in [7, 11) is 0. The minimum Gasteiger partial charge on any atom is -0.501 e. The van der Waals surface area contributed by atoms with Gasteiger partial charge < -0.3 is 9.47 Å². The Morgan fingerprint density at radius 2 is 2.11 bits per heavy atom. The van der Waals surface area contributed by atoms with Crippen LogP contribution in [0, 0.1) is 5.41 Å². The molecule has 0 aromatic rings. The summed E-state index contributed by atoms with van der Waals surface area (Å²) in [6.45, 7) is 7.89. The van der Waals surface area contributed by atoms with E-state index in [0.717, 1.165) is 17.2 Å². The molecule has 1 fully saturated rings. The van der Waals surface area contributed by atoms with Gasteiger partial charge in [0.05, 0.1) is 18.9 Å². The van der Waals surface area contributed by atoms with Crippen LogP contribution >= 0.6 is 0 Å². The average Bonchev–Trinajstić information content (AvgIpc) is 2.70. The number of amides is 2. The van der Waals surface area contributed by atoms with E-state index >= 15 is 0 Å². The molecule has 0 N–H and O–H groups in total. The molecule has 1 aliphatic rings. The van der Waals surface area contributed by atoms with Gasteiger partial charge in [-0.2, -0.15) is 0 Å². The minimum atomic E-state index is -0.890. The molecule has 0 aromatic carbocycles. The van der Waals surface area contributed by atoms with Gasteiger partial charge in [0.15, 0.2) is 0 Å². The standard InChI is InChI=1S/C13H19NO5/c1-5-18-7-6-9(15)11(16)14-10(13(2,3)4)8-19-12(14)17/h6-7,10H,5,8H2,1-4H3/b7-6+/t10-/m1/s1. The van der Waals surface area contributed by atoms with Crippen LogP contribution in [0.25, 0.3) is 0 Å². The second-order valence-corrected chi connectivity index (χ2v) is 5.26. The number of ketones is 1. The second-order valence-electron chi connectivity index (χ2n) is 5.26. The zero-order chi connectivity index (χ0) is 14.6. The van der Waals surface area contributed by atoms with Crippen molar-refractivity contribution in [2.75, 3.05) is 13.2 Å². The SMILES string of the molecule is CCO/C=C/C(=O)C(=O)N1C(=O)OC[C@@H]1C(C)(C)C. The molecule has 0 aromatic heterocycles. The van der Waals surface area contributed by atoms with Crippen molar-refractivity contribution in [2.24, 2.45) is 5.41 Å². The predicted octanol–water partition coefficient (Wildman–Crippen LogP) is 1.50. The average molecular weight is 269 g/mol. The molecule has 0 spiro atoms. The number of imide groups is 1. The van der Waals surface area contributed by atoms with Crippen molar-refractivity contribution in [1.82, 2.24) is 4.90 Å². The number of ether oxygens (including phenoxy) is 2. The Labute approximate surface area is 112 Å². The first-order valence-electron chi connectivity index (χ1n) is 6.11. The lowest BCUT2D eigenvalue weighted by Crippen LogP contribution is -2.48. The van der Waals surface area contributed by atoms with Gasteiger partial charge in [0.1, 0.15) is 6.61 Å². The molecule has 1 saturated heterocycles. The zero-order valence-corrected chi connectivity index (χ0v) is 11.6. The van der Waals surface area contributed by atoms with Crippen molar-refractivity contribution in [2.45, 2.75) is 33.7 Å². The second kappa shape index (κ2) is 5.86. The molecule has 1 heterocycles. The fourth-order valence-electron chi connectivity index (χ4n) is 1.68. The van der Waals surface area contributed by atoms with Crippen LogP contribution in [-0.2, 0) is 19.1 Å². The van der Waals surface area contributed by atoms with Gasteiger partial charge in [0, 0.05) is 6.08 Å². The highest BCUT2D eigenvalue weighted by atomic mass is 16.6. The normalized spacial score (nSPS) is 19.7. The molecule has 1 rings (SSSR count). The molecule has 0 radical (unpaired) electrons. The lowest BCUT2D eigenvalue weighted by molar-refractivity contribution is -0.141. The molecule has 0 aliphatic carbocycles. The smallest absolute Gasteiger partial charge is 0.417 e. The van der Waals surface area contributed by atoms with E-state index in [2.05, 4.69) is 0 Å². The molecular weight excluding hydrogens is 250 g/mol. The lowest BCUT2D eigenvalue weighted by atomic mass is 9.86. The number of hydrogen-bond acceptors (Lipinski definition) is 5. The van der Waals surface area contributed by atoms with Crippen LogP contribution in [0.1, 0.15) is 27.7 Å². The van der Waals surface area contributed by atoms with E-state index in [9.17, 15) is 14.4 Å². The van der Waals surface area contributed by atoms with Crippen LogP contribution in [0.2, 0.25) is 0 Å². The molecular formula is C13H19NO5. The third kappa shape index (κ3) is 3.56. The van der Waals surface area contributed by atoms with Crippen molar-refractivity contribution in [1.29, 1.82) is 0 Å². The highest BCUT2D eigenvalue weighted by molar-refractivity contribution is 6.42. The van der Waals surface area contributed by atoms with Crippen LogP contribution in [0.15, 0.2) is 12.3 Å².